The van der Waals surface area contributed by atoms with Crippen LogP contribution in [0.3, 0.4) is 0 Å². The van der Waals surface area contributed by atoms with E-state index in [1.54, 1.807) is 0 Å². The van der Waals surface area contributed by atoms with Crippen LogP contribution in [0.1, 0.15) is 19.3 Å². The lowest BCUT2D eigenvalue weighted by atomic mass is 10.1. The summed E-state index contributed by atoms with van der Waals surface area (Å²) in [5.41, 5.74) is 0. The second-order valence-electron chi connectivity index (χ2n) is 5.32. The molecule has 0 bridgehead atoms. The summed E-state index contributed by atoms with van der Waals surface area (Å²) in [7, 11) is 0. The highest BCUT2D eigenvalue weighted by molar-refractivity contribution is 5.77. The first-order valence-electron chi connectivity index (χ1n) is 6.46. The van der Waals surface area contributed by atoms with Gasteiger partial charge in [-0.1, -0.05) is 0 Å². The van der Waals surface area contributed by atoms with Crippen LogP contribution in [0.2, 0.25) is 0 Å². The number of rotatable bonds is 1. The number of fused-ring (bicyclic) bond motifs is 1. The van der Waals surface area contributed by atoms with Gasteiger partial charge in [0.1, 0.15) is 0 Å². The Morgan fingerprint density at radius 3 is 2.94 bits per heavy atom. The van der Waals surface area contributed by atoms with Crippen molar-refractivity contribution in [3.63, 3.8) is 0 Å². The van der Waals surface area contributed by atoms with Gasteiger partial charge in [-0.2, -0.15) is 5.26 Å². The lowest BCUT2D eigenvalue weighted by Gasteiger charge is -2.39. The van der Waals surface area contributed by atoms with Gasteiger partial charge < -0.3 is 10.2 Å². The number of nitriles is 1. The molecule has 5 nitrogen and oxygen atoms in total. The van der Waals surface area contributed by atoms with E-state index >= 15 is 0 Å². The van der Waals surface area contributed by atoms with Crippen molar-refractivity contribution in [3.8, 4) is 6.07 Å². The Morgan fingerprint density at radius 1 is 1.29 bits per heavy atom. The molecule has 1 aliphatic carbocycles. The van der Waals surface area contributed by atoms with Crippen LogP contribution in [0, 0.1) is 17.2 Å². The smallest absolute Gasteiger partial charge is 0.317 e. The van der Waals surface area contributed by atoms with Gasteiger partial charge in [0.15, 0.2) is 0 Å². The van der Waals surface area contributed by atoms with Crippen LogP contribution in [0.4, 0.5) is 4.79 Å². The Labute approximate surface area is 101 Å². The minimum absolute atomic E-state index is 0.0935. The van der Waals surface area contributed by atoms with Gasteiger partial charge in [0.2, 0.25) is 0 Å². The Morgan fingerprint density at radius 2 is 2.18 bits per heavy atom. The van der Waals surface area contributed by atoms with Crippen molar-refractivity contribution >= 4 is 6.03 Å². The van der Waals surface area contributed by atoms with E-state index in [0.29, 0.717) is 12.1 Å². The molecule has 3 fully saturated rings. The quantitative estimate of drug-likeness (QED) is 0.714. The molecule has 1 saturated carbocycles. The first kappa shape index (κ1) is 10.8. The van der Waals surface area contributed by atoms with Crippen molar-refractivity contribution in [3.05, 3.63) is 0 Å². The molecule has 92 valence electrons. The highest BCUT2D eigenvalue weighted by atomic mass is 16.2. The van der Waals surface area contributed by atoms with Crippen LogP contribution in [-0.2, 0) is 0 Å². The van der Waals surface area contributed by atoms with Crippen LogP contribution in [0.15, 0.2) is 0 Å². The maximum absolute atomic E-state index is 11.5. The average molecular weight is 234 g/mol. The lowest BCUT2D eigenvalue weighted by molar-refractivity contribution is 0.0891. The molecule has 0 aromatic rings. The second-order valence-corrected chi connectivity index (χ2v) is 5.32. The molecule has 5 heteroatoms. The molecule has 3 atom stereocenters. The zero-order valence-corrected chi connectivity index (χ0v) is 9.93. The van der Waals surface area contributed by atoms with Crippen molar-refractivity contribution in [1.82, 2.24) is 15.1 Å². The van der Waals surface area contributed by atoms with Gasteiger partial charge in [-0.25, -0.2) is 4.79 Å². The second kappa shape index (κ2) is 4.19. The summed E-state index contributed by atoms with van der Waals surface area (Å²) >= 11 is 0. The number of carbonyl (C=O) groups is 1. The number of amides is 2. The van der Waals surface area contributed by atoms with Crippen LogP contribution < -0.4 is 5.32 Å². The fraction of sp³-hybridized carbons (Fsp3) is 0.833. The summed E-state index contributed by atoms with van der Waals surface area (Å²) in [5, 5.41) is 11.8. The number of hydrogen-bond acceptors (Lipinski definition) is 3. The van der Waals surface area contributed by atoms with Crippen LogP contribution in [0.25, 0.3) is 0 Å². The third-order valence-electron chi connectivity index (χ3n) is 4.37. The van der Waals surface area contributed by atoms with E-state index in [1.165, 1.54) is 0 Å². The fourth-order valence-corrected chi connectivity index (χ4v) is 3.37. The monoisotopic (exact) mass is 234 g/mol. The average Bonchev–Trinajstić information content (AvgIpc) is 2.96. The number of urea groups is 1. The molecule has 0 unspecified atom stereocenters. The van der Waals surface area contributed by atoms with E-state index in [9.17, 15) is 4.79 Å². The minimum Gasteiger partial charge on any atom is -0.336 e. The van der Waals surface area contributed by atoms with E-state index in [1.807, 2.05) is 4.90 Å². The molecule has 2 saturated heterocycles. The Kier molecular flexibility index (Phi) is 2.67. The highest BCUT2D eigenvalue weighted by Crippen LogP contribution is 2.30. The van der Waals surface area contributed by atoms with E-state index in [0.717, 1.165) is 45.4 Å². The summed E-state index contributed by atoms with van der Waals surface area (Å²) < 4.78 is 0. The van der Waals surface area contributed by atoms with Crippen molar-refractivity contribution in [2.75, 3.05) is 26.2 Å². The first-order valence-corrected chi connectivity index (χ1v) is 6.46. The largest absolute Gasteiger partial charge is 0.336 e. The van der Waals surface area contributed by atoms with E-state index in [-0.39, 0.29) is 11.9 Å². The molecule has 3 rings (SSSR count). The van der Waals surface area contributed by atoms with Crippen LogP contribution in [-0.4, -0.2) is 54.1 Å². The standard InChI is InChI=1S/C12H18N4O/c13-6-9-1-2-10(5-9)15-3-4-16-11(8-15)7-14-12(16)17/h9-11H,1-5,7-8H2,(H,14,17)/t9-,10+,11+/m1/s1. The summed E-state index contributed by atoms with van der Waals surface area (Å²) in [4.78, 5) is 15.9. The molecule has 0 aromatic heterocycles. The molecule has 1 N–H and O–H groups in total. The normalized spacial score (nSPS) is 37.7. The molecule has 2 amide bonds. The fourth-order valence-electron chi connectivity index (χ4n) is 3.37. The van der Waals surface area contributed by atoms with Crippen molar-refractivity contribution in [2.45, 2.75) is 31.3 Å². The third kappa shape index (κ3) is 1.87. The number of nitrogens with zero attached hydrogens (tertiary/aromatic N) is 3. The van der Waals surface area contributed by atoms with Crippen molar-refractivity contribution in [1.29, 1.82) is 5.26 Å². The van der Waals surface area contributed by atoms with Gasteiger partial charge in [0.25, 0.3) is 0 Å². The first-order chi connectivity index (χ1) is 8.28. The molecular formula is C12H18N4O. The molecule has 0 aromatic carbocycles. The predicted octanol–water partition coefficient (Wildman–Crippen LogP) is 0.388. The topological polar surface area (TPSA) is 59.4 Å². The maximum atomic E-state index is 11.5. The number of nitrogens with one attached hydrogen (secondary N) is 1. The zero-order valence-electron chi connectivity index (χ0n) is 9.93. The summed E-state index contributed by atoms with van der Waals surface area (Å²) in [6.45, 7) is 3.56. The molecule has 2 heterocycles. The summed E-state index contributed by atoms with van der Waals surface area (Å²) in [5.74, 6) is 0.251. The van der Waals surface area contributed by atoms with Gasteiger partial charge >= 0.3 is 6.03 Å². The summed E-state index contributed by atoms with van der Waals surface area (Å²) in [6, 6.07) is 3.39. The van der Waals surface area contributed by atoms with Crippen molar-refractivity contribution < 1.29 is 4.79 Å². The van der Waals surface area contributed by atoms with Crippen LogP contribution >= 0.6 is 0 Å². The maximum Gasteiger partial charge on any atom is 0.317 e. The van der Waals surface area contributed by atoms with Crippen molar-refractivity contribution in [2.24, 2.45) is 5.92 Å². The SMILES string of the molecule is N#C[C@@H]1CC[C@H](N2CCN3C(=O)NC[C@H]3C2)C1. The number of carbonyl (C=O) groups excluding carboxylic acids is 1. The van der Waals surface area contributed by atoms with E-state index in [4.69, 9.17) is 5.26 Å². The number of hydrogen-bond donors (Lipinski definition) is 1. The molecule has 2 aliphatic heterocycles. The van der Waals surface area contributed by atoms with Gasteiger partial charge in [0.05, 0.1) is 12.1 Å². The Hall–Kier alpha value is -1.28. The zero-order chi connectivity index (χ0) is 11.8. The Bertz CT molecular complexity index is 364. The molecule has 0 radical (unpaired) electrons. The van der Waals surface area contributed by atoms with Crippen LogP contribution in [0.5, 0.6) is 0 Å². The molecule has 3 aliphatic rings. The summed E-state index contributed by atoms with van der Waals surface area (Å²) in [6.07, 6.45) is 3.21. The predicted molar refractivity (Wildman–Crippen MR) is 62.2 cm³/mol. The number of piperazine rings is 1. The highest BCUT2D eigenvalue weighted by Gasteiger charge is 2.39. The molecule has 0 spiro atoms. The third-order valence-corrected chi connectivity index (χ3v) is 4.37. The lowest BCUT2D eigenvalue weighted by Crippen LogP contribution is -2.54. The van der Waals surface area contributed by atoms with E-state index in [2.05, 4.69) is 16.3 Å². The van der Waals surface area contributed by atoms with Gasteiger partial charge in [-0.15, -0.1) is 0 Å². The minimum atomic E-state index is 0.0935. The van der Waals surface area contributed by atoms with Gasteiger partial charge in [-0.3, -0.25) is 4.90 Å². The Balaban J connectivity index is 1.61. The van der Waals surface area contributed by atoms with Gasteiger partial charge in [-0.05, 0) is 19.3 Å². The van der Waals surface area contributed by atoms with Gasteiger partial charge in [0, 0.05) is 38.1 Å². The molecular weight excluding hydrogens is 216 g/mol. The molecule has 17 heavy (non-hydrogen) atoms. The van der Waals surface area contributed by atoms with E-state index < -0.39 is 0 Å².